The SMILES string of the molecule is COC(=O)C1C(c2c(OC)cc(OC)cc2OC)CC(=O)N1C. The van der Waals surface area contributed by atoms with Crippen molar-refractivity contribution >= 4 is 11.9 Å². The molecule has 0 saturated carbocycles. The summed E-state index contributed by atoms with van der Waals surface area (Å²) in [5.41, 5.74) is 0.656. The third-order valence-corrected chi connectivity index (χ3v) is 4.15. The molecule has 1 aliphatic heterocycles. The van der Waals surface area contributed by atoms with E-state index >= 15 is 0 Å². The quantitative estimate of drug-likeness (QED) is 0.758. The molecule has 23 heavy (non-hydrogen) atoms. The summed E-state index contributed by atoms with van der Waals surface area (Å²) < 4.78 is 20.9. The number of likely N-dealkylation sites (N-methyl/N-ethyl adjacent to an activating group) is 1. The van der Waals surface area contributed by atoms with Crippen LogP contribution in [0.25, 0.3) is 0 Å². The van der Waals surface area contributed by atoms with Gasteiger partial charge in [0.2, 0.25) is 5.91 Å². The zero-order valence-electron chi connectivity index (χ0n) is 13.9. The summed E-state index contributed by atoms with van der Waals surface area (Å²) in [5, 5.41) is 0. The van der Waals surface area contributed by atoms with E-state index in [2.05, 4.69) is 0 Å². The number of ether oxygens (including phenoxy) is 4. The summed E-state index contributed by atoms with van der Waals surface area (Å²) in [6, 6.07) is 2.69. The van der Waals surface area contributed by atoms with Gasteiger partial charge in [-0.15, -0.1) is 0 Å². The van der Waals surface area contributed by atoms with Gasteiger partial charge in [0.1, 0.15) is 23.3 Å². The predicted molar refractivity (Wildman–Crippen MR) is 82.0 cm³/mol. The zero-order chi connectivity index (χ0) is 17.1. The first-order chi connectivity index (χ1) is 11.0. The van der Waals surface area contributed by atoms with Crippen molar-refractivity contribution in [3.63, 3.8) is 0 Å². The molecule has 1 aromatic carbocycles. The van der Waals surface area contributed by atoms with Crippen LogP contribution >= 0.6 is 0 Å². The van der Waals surface area contributed by atoms with E-state index in [4.69, 9.17) is 18.9 Å². The summed E-state index contributed by atoms with van der Waals surface area (Å²) in [6.45, 7) is 0. The smallest absolute Gasteiger partial charge is 0.329 e. The molecule has 1 amide bonds. The van der Waals surface area contributed by atoms with E-state index in [0.29, 0.717) is 22.8 Å². The molecule has 7 heteroatoms. The molecule has 2 atom stereocenters. The molecule has 2 rings (SSSR count). The van der Waals surface area contributed by atoms with Crippen molar-refractivity contribution in [3.8, 4) is 17.2 Å². The molecule has 126 valence electrons. The number of nitrogens with zero attached hydrogens (tertiary/aromatic N) is 1. The van der Waals surface area contributed by atoms with Gasteiger partial charge in [-0.25, -0.2) is 4.79 Å². The summed E-state index contributed by atoms with van der Waals surface area (Å²) in [5.74, 6) is 0.547. The van der Waals surface area contributed by atoms with Gasteiger partial charge in [-0.2, -0.15) is 0 Å². The molecule has 2 unspecified atom stereocenters. The van der Waals surface area contributed by atoms with Crippen LogP contribution in [-0.4, -0.2) is 58.3 Å². The Bertz CT molecular complexity index is 590. The van der Waals surface area contributed by atoms with Crippen LogP contribution in [0.1, 0.15) is 17.9 Å². The normalized spacial score (nSPS) is 20.4. The number of hydrogen-bond donors (Lipinski definition) is 0. The van der Waals surface area contributed by atoms with Crippen LogP contribution in [0, 0.1) is 0 Å². The summed E-state index contributed by atoms with van der Waals surface area (Å²) in [6.07, 6.45) is 0.176. The van der Waals surface area contributed by atoms with Crippen LogP contribution < -0.4 is 14.2 Å². The Morgan fingerprint density at radius 1 is 1.09 bits per heavy atom. The number of methoxy groups -OCH3 is 4. The van der Waals surface area contributed by atoms with Gasteiger partial charge < -0.3 is 23.8 Å². The number of likely N-dealkylation sites (tertiary alicyclic amines) is 1. The van der Waals surface area contributed by atoms with Crippen LogP contribution in [-0.2, 0) is 14.3 Å². The Hall–Kier alpha value is -2.44. The molecule has 1 aromatic rings. The molecule has 7 nitrogen and oxygen atoms in total. The Morgan fingerprint density at radius 3 is 2.09 bits per heavy atom. The van der Waals surface area contributed by atoms with Crippen LogP contribution in [0.5, 0.6) is 17.2 Å². The molecule has 1 heterocycles. The van der Waals surface area contributed by atoms with E-state index < -0.39 is 17.9 Å². The average Bonchev–Trinajstić information content (AvgIpc) is 2.87. The lowest BCUT2D eigenvalue weighted by molar-refractivity contribution is -0.148. The van der Waals surface area contributed by atoms with E-state index in [1.165, 1.54) is 33.3 Å². The van der Waals surface area contributed by atoms with E-state index in [0.717, 1.165) is 0 Å². The summed E-state index contributed by atoms with van der Waals surface area (Å²) >= 11 is 0. The van der Waals surface area contributed by atoms with Crippen LogP contribution in [0.3, 0.4) is 0 Å². The molecule has 0 aromatic heterocycles. The second-order valence-corrected chi connectivity index (χ2v) is 5.23. The Morgan fingerprint density at radius 2 is 1.65 bits per heavy atom. The summed E-state index contributed by atoms with van der Waals surface area (Å²) in [4.78, 5) is 25.7. The monoisotopic (exact) mass is 323 g/mol. The lowest BCUT2D eigenvalue weighted by Gasteiger charge is -2.25. The zero-order valence-corrected chi connectivity index (χ0v) is 13.9. The highest BCUT2D eigenvalue weighted by molar-refractivity contribution is 5.90. The van der Waals surface area contributed by atoms with Crippen LogP contribution in [0.15, 0.2) is 12.1 Å². The van der Waals surface area contributed by atoms with E-state index in [1.54, 1.807) is 19.2 Å². The number of esters is 1. The van der Waals surface area contributed by atoms with Gasteiger partial charge in [0.15, 0.2) is 0 Å². The maximum Gasteiger partial charge on any atom is 0.329 e. The lowest BCUT2D eigenvalue weighted by Crippen LogP contribution is -2.38. The second kappa shape index (κ2) is 6.76. The fourth-order valence-corrected chi connectivity index (χ4v) is 2.97. The molecule has 1 fully saturated rings. The molecular weight excluding hydrogens is 302 g/mol. The van der Waals surface area contributed by atoms with Crippen molar-refractivity contribution in [2.24, 2.45) is 0 Å². The molecule has 0 aliphatic carbocycles. The number of rotatable bonds is 5. The summed E-state index contributed by atoms with van der Waals surface area (Å²) in [7, 11) is 7.47. The molecule has 0 spiro atoms. The van der Waals surface area contributed by atoms with E-state index in [1.807, 2.05) is 0 Å². The van der Waals surface area contributed by atoms with Crippen molar-refractivity contribution in [2.75, 3.05) is 35.5 Å². The number of carbonyl (C=O) groups is 2. The minimum Gasteiger partial charge on any atom is -0.496 e. The van der Waals surface area contributed by atoms with Crippen molar-refractivity contribution < 1.29 is 28.5 Å². The minimum absolute atomic E-state index is 0.134. The first-order valence-corrected chi connectivity index (χ1v) is 7.11. The highest BCUT2D eigenvalue weighted by Crippen LogP contribution is 2.45. The van der Waals surface area contributed by atoms with Gasteiger partial charge in [-0.05, 0) is 0 Å². The first-order valence-electron chi connectivity index (χ1n) is 7.11. The third kappa shape index (κ3) is 2.91. The minimum atomic E-state index is -0.719. The molecule has 1 saturated heterocycles. The standard InChI is InChI=1S/C16H21NO6/c1-17-13(18)8-10(15(17)16(19)23-5)14-11(21-3)6-9(20-2)7-12(14)22-4/h6-7,10,15H,8H2,1-5H3. The highest BCUT2D eigenvalue weighted by atomic mass is 16.5. The van der Waals surface area contributed by atoms with Gasteiger partial charge in [-0.1, -0.05) is 0 Å². The first kappa shape index (κ1) is 16.9. The van der Waals surface area contributed by atoms with E-state index in [-0.39, 0.29) is 12.3 Å². The largest absolute Gasteiger partial charge is 0.496 e. The van der Waals surface area contributed by atoms with Crippen molar-refractivity contribution in [2.45, 2.75) is 18.4 Å². The fourth-order valence-electron chi connectivity index (χ4n) is 2.97. The van der Waals surface area contributed by atoms with Crippen molar-refractivity contribution in [3.05, 3.63) is 17.7 Å². The highest BCUT2D eigenvalue weighted by Gasteiger charge is 2.46. The average molecular weight is 323 g/mol. The molecule has 0 radical (unpaired) electrons. The van der Waals surface area contributed by atoms with Gasteiger partial charge in [-0.3, -0.25) is 4.79 Å². The number of carbonyl (C=O) groups excluding carboxylic acids is 2. The molecular formula is C16H21NO6. The number of hydrogen-bond acceptors (Lipinski definition) is 6. The van der Waals surface area contributed by atoms with Crippen LogP contribution in [0.2, 0.25) is 0 Å². The Balaban J connectivity index is 2.59. The number of amides is 1. The van der Waals surface area contributed by atoms with Gasteiger partial charge in [0.25, 0.3) is 0 Å². The Labute approximate surface area is 135 Å². The van der Waals surface area contributed by atoms with Gasteiger partial charge >= 0.3 is 5.97 Å². The maximum atomic E-state index is 12.2. The number of benzene rings is 1. The molecule has 0 N–H and O–H groups in total. The lowest BCUT2D eigenvalue weighted by atomic mass is 9.89. The van der Waals surface area contributed by atoms with Crippen LogP contribution in [0.4, 0.5) is 0 Å². The fraction of sp³-hybridized carbons (Fsp3) is 0.500. The van der Waals surface area contributed by atoms with Gasteiger partial charge in [0, 0.05) is 37.1 Å². The second-order valence-electron chi connectivity index (χ2n) is 5.23. The Kier molecular flexibility index (Phi) is 4.98. The van der Waals surface area contributed by atoms with E-state index in [9.17, 15) is 9.59 Å². The predicted octanol–water partition coefficient (Wildman–Crippen LogP) is 1.20. The molecule has 1 aliphatic rings. The van der Waals surface area contributed by atoms with Gasteiger partial charge in [0.05, 0.1) is 28.4 Å². The van der Waals surface area contributed by atoms with Crippen molar-refractivity contribution in [1.82, 2.24) is 4.90 Å². The van der Waals surface area contributed by atoms with Crippen molar-refractivity contribution in [1.29, 1.82) is 0 Å². The maximum absolute atomic E-state index is 12.2. The third-order valence-electron chi connectivity index (χ3n) is 4.15. The topological polar surface area (TPSA) is 74.3 Å². The molecule has 0 bridgehead atoms.